The van der Waals surface area contributed by atoms with Gasteiger partial charge in [-0.1, -0.05) is 0 Å². The van der Waals surface area contributed by atoms with Crippen molar-refractivity contribution in [2.75, 3.05) is 6.54 Å². The topological polar surface area (TPSA) is 46.3 Å². The van der Waals surface area contributed by atoms with E-state index in [4.69, 9.17) is 5.73 Å². The van der Waals surface area contributed by atoms with E-state index < -0.39 is 0 Å². The monoisotopic (exact) mass is 100 g/mol. The average Bonchev–Trinajstić information content (AvgIpc) is 1.65. The number of rotatable bonds is 1. The van der Waals surface area contributed by atoms with Crippen molar-refractivity contribution in [3.63, 3.8) is 0 Å². The molecule has 0 spiro atoms. The van der Waals surface area contributed by atoms with Gasteiger partial charge >= 0.3 is 0 Å². The molecule has 1 unspecified atom stereocenters. The third-order valence-electron chi connectivity index (χ3n) is 1.24. The van der Waals surface area contributed by atoms with Gasteiger partial charge < -0.3 is 10.6 Å². The highest BCUT2D eigenvalue weighted by Crippen LogP contribution is 2.06. The maximum absolute atomic E-state index is 9.84. The zero-order valence-electron chi connectivity index (χ0n) is 4.00. The predicted octanol–water partition coefficient (Wildman–Crippen LogP) is -0.867. The van der Waals surface area contributed by atoms with Crippen LogP contribution in [0.15, 0.2) is 0 Å². The Balaban J connectivity index is 2.28. The molecule has 2 N–H and O–H groups in total. The average molecular weight is 100 g/mol. The van der Waals surface area contributed by atoms with Crippen LogP contribution in [-0.4, -0.2) is 24.0 Å². The van der Waals surface area contributed by atoms with Gasteiger partial charge in [0.05, 0.1) is 6.17 Å². The van der Waals surface area contributed by atoms with E-state index in [1.165, 1.54) is 0 Å². The number of hydrogen-bond acceptors (Lipinski definition) is 2. The van der Waals surface area contributed by atoms with Crippen LogP contribution in [0.3, 0.4) is 0 Å². The number of carbonyl (C=O) groups excluding carboxylic acids is 1. The fraction of sp³-hybridized carbons (Fsp3) is 0.750. The van der Waals surface area contributed by atoms with E-state index >= 15 is 0 Å². The molecule has 1 fully saturated rings. The highest BCUT2D eigenvalue weighted by molar-refractivity contribution is 5.48. The number of hydrogen-bond donors (Lipinski definition) is 1. The zero-order valence-corrected chi connectivity index (χ0v) is 4.00. The van der Waals surface area contributed by atoms with Crippen LogP contribution in [0.1, 0.15) is 6.42 Å². The van der Waals surface area contributed by atoms with Gasteiger partial charge in [0.2, 0.25) is 6.41 Å². The second-order valence-electron chi connectivity index (χ2n) is 1.70. The van der Waals surface area contributed by atoms with Crippen LogP contribution < -0.4 is 5.73 Å². The molecule has 3 heteroatoms. The molecule has 0 bridgehead atoms. The van der Waals surface area contributed by atoms with Gasteiger partial charge in [0.1, 0.15) is 0 Å². The van der Waals surface area contributed by atoms with Crippen LogP contribution in [0.25, 0.3) is 0 Å². The van der Waals surface area contributed by atoms with Gasteiger partial charge in [-0.15, -0.1) is 0 Å². The van der Waals surface area contributed by atoms with E-state index in [1.807, 2.05) is 0 Å². The Bertz CT molecular complexity index is 83.8. The Labute approximate surface area is 42.1 Å². The Morgan fingerprint density at radius 2 is 2.57 bits per heavy atom. The highest BCUT2D eigenvalue weighted by Gasteiger charge is 2.20. The van der Waals surface area contributed by atoms with Crippen LogP contribution in [0.5, 0.6) is 0 Å². The number of amides is 1. The third-order valence-corrected chi connectivity index (χ3v) is 1.24. The standard InChI is InChI=1S/C4H8N2O/c5-4-1-2-6(4)3-7/h3-4H,1-2,5H2. The first-order chi connectivity index (χ1) is 3.34. The van der Waals surface area contributed by atoms with Crippen molar-refractivity contribution >= 4 is 6.41 Å². The van der Waals surface area contributed by atoms with Gasteiger partial charge in [-0.25, -0.2) is 0 Å². The molecule has 0 radical (unpaired) electrons. The zero-order chi connectivity index (χ0) is 5.28. The quantitative estimate of drug-likeness (QED) is 0.435. The fourth-order valence-corrected chi connectivity index (χ4v) is 0.558. The second-order valence-corrected chi connectivity index (χ2v) is 1.70. The molecule has 7 heavy (non-hydrogen) atoms. The number of nitrogens with two attached hydrogens (primary N) is 1. The van der Waals surface area contributed by atoms with E-state index in [-0.39, 0.29) is 6.17 Å². The van der Waals surface area contributed by atoms with Crippen LogP contribution in [0.2, 0.25) is 0 Å². The van der Waals surface area contributed by atoms with Crippen molar-refractivity contribution < 1.29 is 4.79 Å². The van der Waals surface area contributed by atoms with Gasteiger partial charge in [0.25, 0.3) is 0 Å². The maximum atomic E-state index is 9.84. The highest BCUT2D eigenvalue weighted by atomic mass is 16.1. The summed E-state index contributed by atoms with van der Waals surface area (Å²) in [6.07, 6.45) is 1.75. The molecule has 1 aliphatic heterocycles. The summed E-state index contributed by atoms with van der Waals surface area (Å²) in [6.45, 7) is 0.838. The molecule has 3 nitrogen and oxygen atoms in total. The SMILES string of the molecule is NC1CCN1C=O. The fourth-order valence-electron chi connectivity index (χ4n) is 0.558. The third kappa shape index (κ3) is 0.587. The molecule has 0 aromatic carbocycles. The lowest BCUT2D eigenvalue weighted by molar-refractivity contribution is -0.124. The first kappa shape index (κ1) is 4.59. The summed E-state index contributed by atoms with van der Waals surface area (Å²) < 4.78 is 0. The van der Waals surface area contributed by atoms with Crippen molar-refractivity contribution in [1.29, 1.82) is 0 Å². The molecule has 0 aromatic rings. The van der Waals surface area contributed by atoms with Gasteiger partial charge in [-0.3, -0.25) is 4.79 Å². The number of likely N-dealkylation sites (tertiary alicyclic amines) is 1. The van der Waals surface area contributed by atoms with Crippen LogP contribution in [0.4, 0.5) is 0 Å². The van der Waals surface area contributed by atoms with Crippen molar-refractivity contribution in [3.8, 4) is 0 Å². The molecule has 1 amide bonds. The lowest BCUT2D eigenvalue weighted by Gasteiger charge is -2.34. The van der Waals surface area contributed by atoms with Gasteiger partial charge in [0.15, 0.2) is 0 Å². The van der Waals surface area contributed by atoms with Crippen molar-refractivity contribution in [1.82, 2.24) is 4.90 Å². The summed E-state index contributed by atoms with van der Waals surface area (Å²) >= 11 is 0. The molecular weight excluding hydrogens is 92.1 g/mol. The molecule has 0 aromatic heterocycles. The summed E-state index contributed by atoms with van der Waals surface area (Å²) in [5, 5.41) is 0. The van der Waals surface area contributed by atoms with Gasteiger partial charge in [-0.2, -0.15) is 0 Å². The molecule has 1 heterocycles. The van der Waals surface area contributed by atoms with E-state index in [1.54, 1.807) is 4.90 Å². The minimum Gasteiger partial charge on any atom is -0.330 e. The molecule has 1 rings (SSSR count). The Morgan fingerprint density at radius 1 is 1.86 bits per heavy atom. The number of nitrogens with zero attached hydrogens (tertiary/aromatic N) is 1. The Kier molecular flexibility index (Phi) is 0.982. The molecule has 1 atom stereocenters. The lowest BCUT2D eigenvalue weighted by atomic mass is 10.2. The molecule has 1 aliphatic rings. The molecular formula is C4H8N2O. The van der Waals surface area contributed by atoms with Crippen LogP contribution in [0, 0.1) is 0 Å². The summed E-state index contributed by atoms with van der Waals surface area (Å²) in [7, 11) is 0. The minimum absolute atomic E-state index is 0.0116. The van der Waals surface area contributed by atoms with E-state index in [0.717, 1.165) is 19.4 Å². The predicted molar refractivity (Wildman–Crippen MR) is 25.4 cm³/mol. The first-order valence-corrected chi connectivity index (χ1v) is 2.31. The van der Waals surface area contributed by atoms with Crippen molar-refractivity contribution in [2.24, 2.45) is 5.73 Å². The molecule has 0 saturated carbocycles. The van der Waals surface area contributed by atoms with Crippen molar-refractivity contribution in [2.45, 2.75) is 12.6 Å². The summed E-state index contributed by atoms with van der Waals surface area (Å²) in [5.74, 6) is 0. The Hall–Kier alpha value is -0.570. The van der Waals surface area contributed by atoms with Gasteiger partial charge in [0, 0.05) is 6.54 Å². The second kappa shape index (κ2) is 1.50. The first-order valence-electron chi connectivity index (χ1n) is 2.31. The summed E-state index contributed by atoms with van der Waals surface area (Å²) in [6, 6.07) is 0. The largest absolute Gasteiger partial charge is 0.330 e. The van der Waals surface area contributed by atoms with E-state index in [9.17, 15) is 4.79 Å². The van der Waals surface area contributed by atoms with Crippen LogP contribution >= 0.6 is 0 Å². The number of carbonyl (C=O) groups is 1. The van der Waals surface area contributed by atoms with Gasteiger partial charge in [-0.05, 0) is 6.42 Å². The van der Waals surface area contributed by atoms with E-state index in [0.29, 0.717) is 0 Å². The molecule has 40 valence electrons. The molecule has 0 aliphatic carbocycles. The smallest absolute Gasteiger partial charge is 0.210 e. The van der Waals surface area contributed by atoms with Crippen LogP contribution in [-0.2, 0) is 4.79 Å². The Morgan fingerprint density at radius 3 is 2.57 bits per heavy atom. The minimum atomic E-state index is 0.0116. The lowest BCUT2D eigenvalue weighted by Crippen LogP contribution is -2.52. The normalized spacial score (nSPS) is 29.3. The maximum Gasteiger partial charge on any atom is 0.210 e. The summed E-state index contributed by atoms with van der Waals surface area (Å²) in [5.41, 5.74) is 5.33. The molecule has 1 saturated heterocycles. The summed E-state index contributed by atoms with van der Waals surface area (Å²) in [4.78, 5) is 11.4. The van der Waals surface area contributed by atoms with E-state index in [2.05, 4.69) is 0 Å². The van der Waals surface area contributed by atoms with Crippen molar-refractivity contribution in [3.05, 3.63) is 0 Å².